The zero-order valence-corrected chi connectivity index (χ0v) is 9.50. The van der Waals surface area contributed by atoms with Gasteiger partial charge < -0.3 is 4.74 Å². The van der Waals surface area contributed by atoms with Gasteiger partial charge in [-0.1, -0.05) is 12.1 Å². The predicted molar refractivity (Wildman–Crippen MR) is 64.2 cm³/mol. The Hall–Kier alpha value is -1.98. The van der Waals surface area contributed by atoms with E-state index < -0.39 is 0 Å². The Kier molecular flexibility index (Phi) is 3.64. The van der Waals surface area contributed by atoms with Gasteiger partial charge in [0.2, 0.25) is 0 Å². The van der Waals surface area contributed by atoms with Crippen LogP contribution < -0.4 is 16.0 Å². The molecule has 0 aliphatic rings. The summed E-state index contributed by atoms with van der Waals surface area (Å²) in [6.45, 7) is 0. The molecule has 3 N–H and O–H groups in total. The first kappa shape index (κ1) is 11.5. The quantitative estimate of drug-likeness (QED) is 0.606. The van der Waals surface area contributed by atoms with Crippen molar-refractivity contribution in [3.05, 3.63) is 54.1 Å². The number of ether oxygens (including phenoxy) is 1. The van der Waals surface area contributed by atoms with Crippen molar-refractivity contribution in [2.24, 2.45) is 5.84 Å². The Morgan fingerprint density at radius 3 is 2.65 bits per heavy atom. The fourth-order valence-corrected chi connectivity index (χ4v) is 1.67. The molecule has 1 atom stereocenters. The van der Waals surface area contributed by atoms with Crippen molar-refractivity contribution in [3.8, 4) is 5.75 Å². The zero-order valence-electron chi connectivity index (χ0n) is 9.50. The molecule has 0 saturated carbocycles. The number of aromatic nitrogens is 2. The van der Waals surface area contributed by atoms with E-state index in [1.54, 1.807) is 19.5 Å². The molecule has 5 nitrogen and oxygen atoms in total. The lowest BCUT2D eigenvalue weighted by atomic mass is 10.0. The number of nitrogens with two attached hydrogens (primary N) is 1. The van der Waals surface area contributed by atoms with Gasteiger partial charge in [0, 0.05) is 18.0 Å². The van der Waals surface area contributed by atoms with Crippen LogP contribution in [0.2, 0.25) is 0 Å². The Labute approximate surface area is 99.6 Å². The van der Waals surface area contributed by atoms with Gasteiger partial charge in [-0.05, 0) is 17.7 Å². The van der Waals surface area contributed by atoms with Gasteiger partial charge in [0.05, 0.1) is 13.2 Å². The highest BCUT2D eigenvalue weighted by molar-refractivity contribution is 5.35. The number of hydrazine groups is 1. The SMILES string of the molecule is COc1cccc(C(NN)c2cncnc2)c1. The normalized spacial score (nSPS) is 12.1. The van der Waals surface area contributed by atoms with Crippen LogP contribution in [-0.4, -0.2) is 17.1 Å². The van der Waals surface area contributed by atoms with E-state index >= 15 is 0 Å². The van der Waals surface area contributed by atoms with Crippen LogP contribution in [0.15, 0.2) is 43.0 Å². The standard InChI is InChI=1S/C12H14N4O/c1-17-11-4-2-3-9(5-11)12(16-13)10-6-14-8-15-7-10/h2-8,12,16H,13H2,1H3. The van der Waals surface area contributed by atoms with Crippen LogP contribution in [0.5, 0.6) is 5.75 Å². The summed E-state index contributed by atoms with van der Waals surface area (Å²) in [5.74, 6) is 6.37. The third kappa shape index (κ3) is 2.58. The van der Waals surface area contributed by atoms with Gasteiger partial charge in [0.25, 0.3) is 0 Å². The number of nitrogens with one attached hydrogen (secondary N) is 1. The van der Waals surface area contributed by atoms with Crippen molar-refractivity contribution in [3.63, 3.8) is 0 Å². The second-order valence-electron chi connectivity index (χ2n) is 3.55. The van der Waals surface area contributed by atoms with Gasteiger partial charge >= 0.3 is 0 Å². The lowest BCUT2D eigenvalue weighted by molar-refractivity contribution is 0.413. The summed E-state index contributed by atoms with van der Waals surface area (Å²) in [5, 5.41) is 0. The van der Waals surface area contributed by atoms with E-state index in [0.29, 0.717) is 0 Å². The second-order valence-corrected chi connectivity index (χ2v) is 3.55. The minimum Gasteiger partial charge on any atom is -0.497 e. The lowest BCUT2D eigenvalue weighted by Crippen LogP contribution is -2.29. The van der Waals surface area contributed by atoms with Gasteiger partial charge in [-0.2, -0.15) is 0 Å². The predicted octanol–water partition coefficient (Wildman–Crippen LogP) is 1.04. The van der Waals surface area contributed by atoms with Crippen molar-refractivity contribution in [1.82, 2.24) is 15.4 Å². The maximum absolute atomic E-state index is 5.58. The minimum absolute atomic E-state index is 0.147. The molecule has 2 aromatic rings. The van der Waals surface area contributed by atoms with E-state index in [1.807, 2.05) is 24.3 Å². The third-order valence-electron chi connectivity index (χ3n) is 2.51. The van der Waals surface area contributed by atoms with Gasteiger partial charge in [-0.15, -0.1) is 0 Å². The van der Waals surface area contributed by atoms with E-state index in [-0.39, 0.29) is 6.04 Å². The molecule has 0 radical (unpaired) electrons. The van der Waals surface area contributed by atoms with E-state index in [1.165, 1.54) is 6.33 Å². The maximum atomic E-state index is 5.58. The molecular formula is C12H14N4O. The summed E-state index contributed by atoms with van der Waals surface area (Å²) in [4.78, 5) is 7.97. The van der Waals surface area contributed by atoms with Crippen molar-refractivity contribution in [2.75, 3.05) is 7.11 Å². The summed E-state index contributed by atoms with van der Waals surface area (Å²) >= 11 is 0. The molecule has 1 aromatic heterocycles. The average Bonchev–Trinajstić information content (AvgIpc) is 2.41. The molecule has 2 rings (SSSR count). The summed E-state index contributed by atoms with van der Waals surface area (Å²) in [6, 6.07) is 7.56. The molecule has 88 valence electrons. The molecule has 0 aliphatic heterocycles. The molecule has 0 saturated heterocycles. The number of methoxy groups -OCH3 is 1. The number of nitrogens with zero attached hydrogens (tertiary/aromatic N) is 2. The van der Waals surface area contributed by atoms with Crippen molar-refractivity contribution in [1.29, 1.82) is 0 Å². The van der Waals surface area contributed by atoms with E-state index in [4.69, 9.17) is 10.6 Å². The monoisotopic (exact) mass is 230 g/mol. The molecule has 0 bridgehead atoms. The zero-order chi connectivity index (χ0) is 12.1. The topological polar surface area (TPSA) is 73.1 Å². The molecule has 0 spiro atoms. The molecule has 5 heteroatoms. The summed E-state index contributed by atoms with van der Waals surface area (Å²) in [5.41, 5.74) is 4.66. The van der Waals surface area contributed by atoms with E-state index in [0.717, 1.165) is 16.9 Å². The highest BCUT2D eigenvalue weighted by Crippen LogP contribution is 2.23. The van der Waals surface area contributed by atoms with E-state index in [2.05, 4.69) is 15.4 Å². The largest absolute Gasteiger partial charge is 0.497 e. The van der Waals surface area contributed by atoms with Crippen molar-refractivity contribution >= 4 is 0 Å². The molecule has 0 aliphatic carbocycles. The summed E-state index contributed by atoms with van der Waals surface area (Å²) < 4.78 is 5.19. The Bertz CT molecular complexity index is 475. The number of rotatable bonds is 4. The molecule has 1 unspecified atom stereocenters. The Morgan fingerprint density at radius 1 is 1.24 bits per heavy atom. The van der Waals surface area contributed by atoms with Crippen LogP contribution in [0.4, 0.5) is 0 Å². The maximum Gasteiger partial charge on any atom is 0.119 e. The molecule has 0 amide bonds. The first-order valence-corrected chi connectivity index (χ1v) is 5.20. The average molecular weight is 230 g/mol. The van der Waals surface area contributed by atoms with Gasteiger partial charge in [0.15, 0.2) is 0 Å². The van der Waals surface area contributed by atoms with Gasteiger partial charge in [0.1, 0.15) is 12.1 Å². The van der Waals surface area contributed by atoms with Crippen LogP contribution in [-0.2, 0) is 0 Å². The fraction of sp³-hybridized carbons (Fsp3) is 0.167. The Morgan fingerprint density at radius 2 is 2.00 bits per heavy atom. The summed E-state index contributed by atoms with van der Waals surface area (Å²) in [7, 11) is 1.63. The van der Waals surface area contributed by atoms with Crippen molar-refractivity contribution in [2.45, 2.75) is 6.04 Å². The van der Waals surface area contributed by atoms with Crippen LogP contribution in [0, 0.1) is 0 Å². The first-order valence-electron chi connectivity index (χ1n) is 5.20. The van der Waals surface area contributed by atoms with Crippen molar-refractivity contribution < 1.29 is 4.74 Å². The third-order valence-corrected chi connectivity index (χ3v) is 2.51. The number of hydrogen-bond donors (Lipinski definition) is 2. The molecule has 1 heterocycles. The van der Waals surface area contributed by atoms with Crippen LogP contribution in [0.3, 0.4) is 0 Å². The van der Waals surface area contributed by atoms with Gasteiger partial charge in [-0.25, -0.2) is 15.4 Å². The van der Waals surface area contributed by atoms with Crippen LogP contribution in [0.1, 0.15) is 17.2 Å². The molecule has 0 fully saturated rings. The van der Waals surface area contributed by atoms with Crippen LogP contribution >= 0.6 is 0 Å². The Balaban J connectivity index is 2.35. The fourth-order valence-electron chi connectivity index (χ4n) is 1.67. The number of benzene rings is 1. The van der Waals surface area contributed by atoms with Crippen LogP contribution in [0.25, 0.3) is 0 Å². The molecule has 1 aromatic carbocycles. The minimum atomic E-state index is -0.147. The molecule has 17 heavy (non-hydrogen) atoms. The highest BCUT2D eigenvalue weighted by atomic mass is 16.5. The summed E-state index contributed by atoms with van der Waals surface area (Å²) in [6.07, 6.45) is 4.96. The molecular weight excluding hydrogens is 216 g/mol. The number of hydrogen-bond acceptors (Lipinski definition) is 5. The lowest BCUT2D eigenvalue weighted by Gasteiger charge is -2.16. The second kappa shape index (κ2) is 5.38. The highest BCUT2D eigenvalue weighted by Gasteiger charge is 2.13. The van der Waals surface area contributed by atoms with Gasteiger partial charge in [-0.3, -0.25) is 5.84 Å². The first-order chi connectivity index (χ1) is 8.35. The smallest absolute Gasteiger partial charge is 0.119 e. The van der Waals surface area contributed by atoms with E-state index in [9.17, 15) is 0 Å².